The zero-order valence-electron chi connectivity index (χ0n) is 17.2. The van der Waals surface area contributed by atoms with Crippen LogP contribution in [-0.4, -0.2) is 51.6 Å². The molecule has 3 heterocycles. The van der Waals surface area contributed by atoms with Crippen molar-refractivity contribution in [1.82, 2.24) is 9.63 Å². The number of hydrogen-bond donors (Lipinski definition) is 2. The lowest BCUT2D eigenvalue weighted by molar-refractivity contribution is -0.149. The number of rotatable bonds is 6. The summed E-state index contributed by atoms with van der Waals surface area (Å²) in [5.41, 5.74) is 1.12. The van der Waals surface area contributed by atoms with Crippen LogP contribution < -0.4 is 14.3 Å². The zero-order valence-corrected chi connectivity index (χ0v) is 17.2. The van der Waals surface area contributed by atoms with Gasteiger partial charge in [0.05, 0.1) is 31.6 Å². The number of esters is 1. The molecule has 32 heavy (non-hydrogen) atoms. The van der Waals surface area contributed by atoms with Crippen LogP contribution >= 0.6 is 0 Å². The average Bonchev–Trinajstić information content (AvgIpc) is 3.42. The lowest BCUT2D eigenvalue weighted by atomic mass is 9.97. The second-order valence-electron chi connectivity index (χ2n) is 7.17. The molecule has 2 N–H and O–H groups in total. The van der Waals surface area contributed by atoms with Gasteiger partial charge in [0.2, 0.25) is 24.5 Å². The fourth-order valence-corrected chi connectivity index (χ4v) is 3.68. The number of fused-ring (bicyclic) bond motifs is 1. The van der Waals surface area contributed by atoms with Crippen molar-refractivity contribution in [1.29, 1.82) is 0 Å². The molecule has 11 heteroatoms. The number of ether oxygens (including phenoxy) is 3. The van der Waals surface area contributed by atoms with Crippen molar-refractivity contribution in [3.05, 3.63) is 47.2 Å². The molecule has 0 saturated heterocycles. The Morgan fingerprint density at radius 1 is 1.12 bits per heavy atom. The maximum absolute atomic E-state index is 13.2. The van der Waals surface area contributed by atoms with E-state index < -0.39 is 41.9 Å². The summed E-state index contributed by atoms with van der Waals surface area (Å²) in [4.78, 5) is 44.3. The molecule has 0 aliphatic carbocycles. The lowest BCUT2D eigenvalue weighted by Gasteiger charge is -2.19. The lowest BCUT2D eigenvalue weighted by Crippen LogP contribution is -2.31. The third-order valence-corrected chi connectivity index (χ3v) is 5.25. The fourth-order valence-electron chi connectivity index (χ4n) is 3.68. The predicted molar refractivity (Wildman–Crippen MR) is 105 cm³/mol. The standard InChI is InChI=1S/C21H20N2O9/c1-11-19(21(28)29-2)13(8-18(26)32-23-16(24)5-6-17(23)25)20(27)22(11)9-12-3-4-14-15(7-12)31-10-30-14/h3-7,13,24-25H,8-10H2,1-2H3. The van der Waals surface area contributed by atoms with Gasteiger partial charge in [0.1, 0.15) is 0 Å². The van der Waals surface area contributed by atoms with E-state index in [0.717, 1.165) is 17.7 Å². The monoisotopic (exact) mass is 444 g/mol. The summed E-state index contributed by atoms with van der Waals surface area (Å²) in [5, 5.41) is 19.3. The third-order valence-electron chi connectivity index (χ3n) is 5.25. The second-order valence-corrected chi connectivity index (χ2v) is 7.17. The van der Waals surface area contributed by atoms with Gasteiger partial charge in [-0.2, -0.15) is 0 Å². The Balaban J connectivity index is 1.56. The Hall–Kier alpha value is -4.15. The molecular formula is C21H20N2O9. The molecule has 4 rings (SSSR count). The Morgan fingerprint density at radius 3 is 2.50 bits per heavy atom. The normalized spacial score (nSPS) is 17.1. The third kappa shape index (κ3) is 3.68. The molecule has 168 valence electrons. The van der Waals surface area contributed by atoms with Crippen molar-refractivity contribution in [2.45, 2.75) is 19.9 Å². The Morgan fingerprint density at radius 2 is 1.81 bits per heavy atom. The smallest absolute Gasteiger partial charge is 0.336 e. The summed E-state index contributed by atoms with van der Waals surface area (Å²) in [7, 11) is 1.18. The van der Waals surface area contributed by atoms with Crippen molar-refractivity contribution >= 4 is 17.8 Å². The maximum Gasteiger partial charge on any atom is 0.336 e. The second kappa shape index (κ2) is 8.17. The SMILES string of the molecule is COC(=O)C1=C(C)N(Cc2ccc3c(c2)OCO3)C(=O)C1CC(=O)On1c(O)ccc1O. The van der Waals surface area contributed by atoms with E-state index in [9.17, 15) is 24.6 Å². The van der Waals surface area contributed by atoms with Gasteiger partial charge in [-0.3, -0.25) is 4.79 Å². The molecule has 0 spiro atoms. The number of allylic oxidation sites excluding steroid dienone is 1. The summed E-state index contributed by atoms with van der Waals surface area (Å²) in [6, 6.07) is 7.48. The van der Waals surface area contributed by atoms with Gasteiger partial charge in [-0.15, -0.1) is 4.73 Å². The van der Waals surface area contributed by atoms with Crippen molar-refractivity contribution < 1.29 is 43.6 Å². The molecule has 1 aromatic heterocycles. The van der Waals surface area contributed by atoms with Crippen LogP contribution in [0, 0.1) is 5.92 Å². The van der Waals surface area contributed by atoms with E-state index in [0.29, 0.717) is 21.9 Å². The number of carbonyl (C=O) groups excluding carboxylic acids is 3. The van der Waals surface area contributed by atoms with Gasteiger partial charge in [-0.05, 0) is 24.6 Å². The summed E-state index contributed by atoms with van der Waals surface area (Å²) in [6.07, 6.45) is -0.505. The van der Waals surface area contributed by atoms with E-state index in [2.05, 4.69) is 0 Å². The number of carbonyl (C=O) groups is 3. The van der Waals surface area contributed by atoms with Gasteiger partial charge in [0, 0.05) is 17.8 Å². The number of aromatic nitrogens is 1. The molecule has 11 nitrogen and oxygen atoms in total. The van der Waals surface area contributed by atoms with Crippen molar-refractivity contribution in [2.24, 2.45) is 5.92 Å². The van der Waals surface area contributed by atoms with Crippen LogP contribution in [0.25, 0.3) is 0 Å². The molecule has 1 aromatic carbocycles. The molecule has 0 bridgehead atoms. The van der Waals surface area contributed by atoms with E-state index in [1.807, 2.05) is 0 Å². The van der Waals surface area contributed by atoms with Crippen LogP contribution in [0.4, 0.5) is 0 Å². The first-order valence-electron chi connectivity index (χ1n) is 9.60. The van der Waals surface area contributed by atoms with Crippen molar-refractivity contribution in [3.8, 4) is 23.3 Å². The minimum absolute atomic E-state index is 0.0381. The van der Waals surface area contributed by atoms with Gasteiger partial charge in [0.15, 0.2) is 11.5 Å². The van der Waals surface area contributed by atoms with E-state index >= 15 is 0 Å². The molecule has 0 saturated carbocycles. The molecule has 0 radical (unpaired) electrons. The highest BCUT2D eigenvalue weighted by molar-refractivity contribution is 6.03. The zero-order chi connectivity index (χ0) is 23.0. The molecule has 2 aliphatic rings. The first-order valence-corrected chi connectivity index (χ1v) is 9.60. The number of hydrogen-bond acceptors (Lipinski definition) is 9. The van der Waals surface area contributed by atoms with E-state index in [1.165, 1.54) is 12.0 Å². The van der Waals surface area contributed by atoms with Gasteiger partial charge >= 0.3 is 11.9 Å². The highest BCUT2D eigenvalue weighted by atomic mass is 16.7. The highest BCUT2D eigenvalue weighted by Crippen LogP contribution is 2.37. The number of methoxy groups -OCH3 is 1. The number of benzene rings is 1. The minimum Gasteiger partial charge on any atom is -0.492 e. The first-order chi connectivity index (χ1) is 15.3. The van der Waals surface area contributed by atoms with Crippen LogP contribution in [0.15, 0.2) is 41.6 Å². The molecule has 2 aromatic rings. The molecule has 2 aliphatic heterocycles. The summed E-state index contributed by atoms with van der Waals surface area (Å²) < 4.78 is 16.0. The van der Waals surface area contributed by atoms with Crippen LogP contribution in [0.2, 0.25) is 0 Å². The van der Waals surface area contributed by atoms with Crippen LogP contribution in [-0.2, 0) is 25.7 Å². The summed E-state index contributed by atoms with van der Waals surface area (Å²) in [5.74, 6) is -3.17. The Labute approximate surface area is 181 Å². The first kappa shape index (κ1) is 21.1. The molecule has 0 fully saturated rings. The highest BCUT2D eigenvalue weighted by Gasteiger charge is 2.43. The molecule has 1 unspecified atom stereocenters. The van der Waals surface area contributed by atoms with Gasteiger partial charge in [-0.1, -0.05) is 6.07 Å². The quantitative estimate of drug-likeness (QED) is 0.627. The topological polar surface area (TPSA) is 137 Å². The largest absolute Gasteiger partial charge is 0.492 e. The maximum atomic E-state index is 13.2. The van der Waals surface area contributed by atoms with E-state index in [1.54, 1.807) is 25.1 Å². The number of aromatic hydroxyl groups is 2. The summed E-state index contributed by atoms with van der Waals surface area (Å²) >= 11 is 0. The summed E-state index contributed by atoms with van der Waals surface area (Å²) in [6.45, 7) is 1.84. The van der Waals surface area contributed by atoms with Crippen molar-refractivity contribution in [2.75, 3.05) is 13.9 Å². The van der Waals surface area contributed by atoms with Crippen molar-refractivity contribution in [3.63, 3.8) is 0 Å². The Bertz CT molecular complexity index is 1110. The number of amides is 1. The average molecular weight is 444 g/mol. The minimum atomic E-state index is -1.15. The van der Waals surface area contributed by atoms with Crippen LogP contribution in [0.3, 0.4) is 0 Å². The van der Waals surface area contributed by atoms with Gasteiger partial charge in [-0.25, -0.2) is 9.59 Å². The molecule has 1 atom stereocenters. The predicted octanol–water partition coefficient (Wildman–Crippen LogP) is 1.08. The van der Waals surface area contributed by atoms with E-state index in [-0.39, 0.29) is 18.9 Å². The molecule has 1 amide bonds. The Kier molecular flexibility index (Phi) is 5.39. The van der Waals surface area contributed by atoms with Crippen LogP contribution in [0.5, 0.6) is 23.3 Å². The van der Waals surface area contributed by atoms with Crippen LogP contribution in [0.1, 0.15) is 18.9 Å². The van der Waals surface area contributed by atoms with Gasteiger partial charge < -0.3 is 34.2 Å². The van der Waals surface area contributed by atoms with Gasteiger partial charge in [0.25, 0.3) is 0 Å². The fraction of sp³-hybridized carbons (Fsp3) is 0.286. The van der Waals surface area contributed by atoms with E-state index in [4.69, 9.17) is 19.0 Å². The number of nitrogens with zero attached hydrogens (tertiary/aromatic N) is 2. The molecular weight excluding hydrogens is 424 g/mol.